The predicted octanol–water partition coefficient (Wildman–Crippen LogP) is 3.18. The van der Waals surface area contributed by atoms with Crippen LogP contribution in [0.2, 0.25) is 0 Å². The van der Waals surface area contributed by atoms with Crippen LogP contribution in [-0.2, 0) is 0 Å². The van der Waals surface area contributed by atoms with Gasteiger partial charge in [-0.1, -0.05) is 6.07 Å². The smallest absolute Gasteiger partial charge is 0.160 e. The maximum atomic E-state index is 10.8. The third kappa shape index (κ3) is 1.57. The van der Waals surface area contributed by atoms with E-state index >= 15 is 0 Å². The highest BCUT2D eigenvalue weighted by molar-refractivity contribution is 7.14. The van der Waals surface area contributed by atoms with Gasteiger partial charge in [0.05, 0.1) is 16.6 Å². The number of carbonyl (C=O) groups is 1. The predicted molar refractivity (Wildman–Crippen MR) is 68.6 cm³/mol. The molecule has 0 radical (unpaired) electrons. The van der Waals surface area contributed by atoms with Gasteiger partial charge in [-0.25, -0.2) is 4.52 Å². The molecule has 0 aliphatic heterocycles. The van der Waals surface area contributed by atoms with Crippen LogP contribution in [0.1, 0.15) is 14.5 Å². The maximum Gasteiger partial charge on any atom is 0.160 e. The SMILES string of the molecule is Cc1sc(C=O)cc1-c1cnn2ccccc12. The Balaban J connectivity index is 2.26. The summed E-state index contributed by atoms with van der Waals surface area (Å²) >= 11 is 1.52. The molecular formula is C13H10N2OS. The molecule has 4 heteroatoms. The number of aryl methyl sites for hydroxylation is 1. The zero-order chi connectivity index (χ0) is 11.8. The number of hydrogen-bond donors (Lipinski definition) is 0. The summed E-state index contributed by atoms with van der Waals surface area (Å²) in [4.78, 5) is 12.7. The van der Waals surface area contributed by atoms with Gasteiger partial charge >= 0.3 is 0 Å². The second kappa shape index (κ2) is 3.82. The number of aldehydes is 1. The van der Waals surface area contributed by atoms with Crippen molar-refractivity contribution in [2.45, 2.75) is 6.92 Å². The normalized spacial score (nSPS) is 10.9. The average Bonchev–Trinajstić information content (AvgIpc) is 2.92. The van der Waals surface area contributed by atoms with Crippen molar-refractivity contribution in [2.75, 3.05) is 0 Å². The molecule has 0 amide bonds. The topological polar surface area (TPSA) is 34.4 Å². The molecule has 0 saturated carbocycles. The van der Waals surface area contributed by atoms with Crippen molar-refractivity contribution in [3.8, 4) is 11.1 Å². The highest BCUT2D eigenvalue weighted by Gasteiger charge is 2.11. The Morgan fingerprint density at radius 3 is 3.00 bits per heavy atom. The van der Waals surface area contributed by atoms with E-state index in [1.54, 1.807) is 0 Å². The summed E-state index contributed by atoms with van der Waals surface area (Å²) in [5.41, 5.74) is 3.23. The molecule has 17 heavy (non-hydrogen) atoms. The van der Waals surface area contributed by atoms with E-state index in [0.717, 1.165) is 32.7 Å². The monoisotopic (exact) mass is 242 g/mol. The molecule has 3 nitrogen and oxygen atoms in total. The molecule has 3 aromatic rings. The lowest BCUT2D eigenvalue weighted by molar-refractivity contribution is 0.112. The van der Waals surface area contributed by atoms with E-state index in [1.807, 2.05) is 48.1 Å². The van der Waals surface area contributed by atoms with Crippen molar-refractivity contribution in [1.82, 2.24) is 9.61 Å². The molecule has 0 unspecified atom stereocenters. The lowest BCUT2D eigenvalue weighted by atomic mass is 10.1. The fraction of sp³-hybridized carbons (Fsp3) is 0.0769. The molecule has 0 bridgehead atoms. The summed E-state index contributed by atoms with van der Waals surface area (Å²) in [6, 6.07) is 7.89. The van der Waals surface area contributed by atoms with Gasteiger partial charge in [0.25, 0.3) is 0 Å². The first-order valence-corrected chi connectivity index (χ1v) is 6.09. The van der Waals surface area contributed by atoms with Gasteiger partial charge in [0, 0.05) is 16.6 Å². The van der Waals surface area contributed by atoms with Gasteiger partial charge in [0.1, 0.15) is 0 Å². The fourth-order valence-electron chi connectivity index (χ4n) is 1.97. The number of carbonyl (C=O) groups excluding carboxylic acids is 1. The van der Waals surface area contributed by atoms with Crippen LogP contribution in [0.15, 0.2) is 36.7 Å². The van der Waals surface area contributed by atoms with E-state index in [0.29, 0.717) is 0 Å². The van der Waals surface area contributed by atoms with Crippen molar-refractivity contribution in [3.63, 3.8) is 0 Å². The van der Waals surface area contributed by atoms with Gasteiger partial charge in [-0.05, 0) is 30.7 Å². The summed E-state index contributed by atoms with van der Waals surface area (Å²) in [5, 5.41) is 4.30. The first-order chi connectivity index (χ1) is 8.29. The standard InChI is InChI=1S/C13H10N2OS/c1-9-11(6-10(8-16)17-9)12-7-14-15-5-3-2-4-13(12)15/h2-8H,1H3. The Bertz CT molecular complexity index is 696. The Morgan fingerprint density at radius 2 is 2.24 bits per heavy atom. The third-order valence-electron chi connectivity index (χ3n) is 2.77. The van der Waals surface area contributed by atoms with E-state index in [2.05, 4.69) is 5.10 Å². The van der Waals surface area contributed by atoms with Crippen LogP contribution >= 0.6 is 11.3 Å². The van der Waals surface area contributed by atoms with E-state index in [-0.39, 0.29) is 0 Å². The Hall–Kier alpha value is -1.94. The summed E-state index contributed by atoms with van der Waals surface area (Å²) in [6.45, 7) is 2.03. The number of hydrogen-bond acceptors (Lipinski definition) is 3. The molecule has 0 atom stereocenters. The minimum absolute atomic E-state index is 0.757. The fourth-order valence-corrected chi connectivity index (χ4v) is 2.83. The van der Waals surface area contributed by atoms with E-state index in [1.165, 1.54) is 11.3 Å². The summed E-state index contributed by atoms with van der Waals surface area (Å²) in [5.74, 6) is 0. The molecule has 0 spiro atoms. The summed E-state index contributed by atoms with van der Waals surface area (Å²) in [7, 11) is 0. The van der Waals surface area contributed by atoms with E-state index < -0.39 is 0 Å². The molecule has 0 N–H and O–H groups in total. The minimum atomic E-state index is 0.757. The van der Waals surface area contributed by atoms with Crippen LogP contribution in [0.4, 0.5) is 0 Å². The van der Waals surface area contributed by atoms with Gasteiger partial charge in [0.2, 0.25) is 0 Å². The molecule has 0 aliphatic rings. The van der Waals surface area contributed by atoms with Gasteiger partial charge in [-0.2, -0.15) is 5.10 Å². The minimum Gasteiger partial charge on any atom is -0.297 e. The Morgan fingerprint density at radius 1 is 1.35 bits per heavy atom. The van der Waals surface area contributed by atoms with Crippen LogP contribution in [0, 0.1) is 6.92 Å². The number of aromatic nitrogens is 2. The second-order valence-corrected chi connectivity index (χ2v) is 5.11. The van der Waals surface area contributed by atoms with Crippen LogP contribution < -0.4 is 0 Å². The number of pyridine rings is 1. The lowest BCUT2D eigenvalue weighted by Crippen LogP contribution is -1.83. The van der Waals surface area contributed by atoms with Crippen molar-refractivity contribution in [1.29, 1.82) is 0 Å². The Kier molecular flexibility index (Phi) is 2.30. The number of thiophene rings is 1. The molecule has 84 valence electrons. The zero-order valence-corrected chi connectivity index (χ0v) is 10.1. The first-order valence-electron chi connectivity index (χ1n) is 5.28. The largest absolute Gasteiger partial charge is 0.297 e. The third-order valence-corrected chi connectivity index (χ3v) is 3.75. The van der Waals surface area contributed by atoms with Crippen molar-refractivity contribution >= 4 is 23.1 Å². The maximum absolute atomic E-state index is 10.8. The van der Waals surface area contributed by atoms with Crippen molar-refractivity contribution in [3.05, 3.63) is 46.4 Å². The van der Waals surface area contributed by atoms with E-state index in [4.69, 9.17) is 0 Å². The average molecular weight is 242 g/mol. The van der Waals surface area contributed by atoms with Gasteiger partial charge in [0.15, 0.2) is 6.29 Å². The molecule has 0 fully saturated rings. The number of rotatable bonds is 2. The number of fused-ring (bicyclic) bond motifs is 1. The lowest BCUT2D eigenvalue weighted by Gasteiger charge is -1.97. The molecule has 0 aromatic carbocycles. The second-order valence-electron chi connectivity index (χ2n) is 3.83. The van der Waals surface area contributed by atoms with Crippen LogP contribution in [0.3, 0.4) is 0 Å². The first kappa shape index (κ1) is 10.2. The van der Waals surface area contributed by atoms with E-state index in [9.17, 15) is 4.79 Å². The molecular weight excluding hydrogens is 232 g/mol. The van der Waals surface area contributed by atoms with Crippen molar-refractivity contribution in [2.24, 2.45) is 0 Å². The van der Waals surface area contributed by atoms with Gasteiger partial charge in [-0.15, -0.1) is 11.3 Å². The van der Waals surface area contributed by atoms with Crippen LogP contribution in [0.25, 0.3) is 16.6 Å². The molecule has 3 heterocycles. The molecule has 3 rings (SSSR count). The number of nitrogens with zero attached hydrogens (tertiary/aromatic N) is 2. The quantitative estimate of drug-likeness (QED) is 0.647. The highest BCUT2D eigenvalue weighted by Crippen LogP contribution is 2.32. The summed E-state index contributed by atoms with van der Waals surface area (Å²) < 4.78 is 1.84. The van der Waals surface area contributed by atoms with Crippen molar-refractivity contribution < 1.29 is 4.79 Å². The molecule has 0 saturated heterocycles. The molecule has 3 aromatic heterocycles. The summed E-state index contributed by atoms with van der Waals surface area (Å²) in [6.07, 6.45) is 4.66. The zero-order valence-electron chi connectivity index (χ0n) is 9.25. The van der Waals surface area contributed by atoms with Crippen LogP contribution in [0.5, 0.6) is 0 Å². The molecule has 0 aliphatic carbocycles. The van der Waals surface area contributed by atoms with Gasteiger partial charge < -0.3 is 0 Å². The van der Waals surface area contributed by atoms with Gasteiger partial charge in [-0.3, -0.25) is 4.79 Å². The Labute approximate surface area is 102 Å². The highest BCUT2D eigenvalue weighted by atomic mass is 32.1. The van der Waals surface area contributed by atoms with Crippen LogP contribution in [-0.4, -0.2) is 15.9 Å².